The van der Waals surface area contributed by atoms with E-state index < -0.39 is 15.9 Å². The molecule has 0 atom stereocenters. The van der Waals surface area contributed by atoms with Gasteiger partial charge < -0.3 is 0 Å². The second kappa shape index (κ2) is 7.03. The van der Waals surface area contributed by atoms with Crippen molar-refractivity contribution in [3.8, 4) is 0 Å². The van der Waals surface area contributed by atoms with Gasteiger partial charge >= 0.3 is 0 Å². The van der Waals surface area contributed by atoms with Gasteiger partial charge in [-0.25, -0.2) is 17.5 Å². The molecule has 6 heteroatoms. The third kappa shape index (κ3) is 4.22. The van der Waals surface area contributed by atoms with E-state index in [1.54, 1.807) is 6.08 Å². The third-order valence-corrected chi connectivity index (χ3v) is 5.37. The van der Waals surface area contributed by atoms with Crippen molar-refractivity contribution in [3.63, 3.8) is 0 Å². The van der Waals surface area contributed by atoms with Gasteiger partial charge in [0.2, 0.25) is 0 Å². The van der Waals surface area contributed by atoms with Gasteiger partial charge in [-0.15, -0.1) is 0 Å². The van der Waals surface area contributed by atoms with Crippen molar-refractivity contribution in [2.75, 3.05) is 0 Å². The highest BCUT2D eigenvalue weighted by atomic mass is 32.2. The fraction of sp³-hybridized carbons (Fsp3) is 0.105. The van der Waals surface area contributed by atoms with Gasteiger partial charge in [0.1, 0.15) is 5.82 Å². The second-order valence-electron chi connectivity index (χ2n) is 5.66. The lowest BCUT2D eigenvalue weighted by molar-refractivity contribution is -0.114. The molecule has 3 rings (SSSR count). The van der Waals surface area contributed by atoms with Crippen LogP contribution in [0.25, 0.3) is 12.2 Å². The molecule has 0 saturated heterocycles. The van der Waals surface area contributed by atoms with Crippen molar-refractivity contribution < 1.29 is 17.6 Å². The fourth-order valence-corrected chi connectivity index (χ4v) is 3.71. The van der Waals surface area contributed by atoms with E-state index in [9.17, 15) is 17.6 Å². The number of amides is 1. The Balaban J connectivity index is 1.72. The number of aryl methyl sites for hydroxylation is 1. The average molecular weight is 357 g/mol. The van der Waals surface area contributed by atoms with Crippen LogP contribution in [0.2, 0.25) is 0 Å². The first-order chi connectivity index (χ1) is 11.9. The molecule has 1 aliphatic rings. The largest absolute Gasteiger partial charge is 0.269 e. The molecule has 0 radical (unpaired) electrons. The number of carbonyl (C=O) groups excluding carboxylic acids is 1. The molecule has 0 aromatic heterocycles. The van der Waals surface area contributed by atoms with Crippen molar-refractivity contribution in [1.29, 1.82) is 0 Å². The molecule has 0 heterocycles. The number of hydrogen-bond donors (Lipinski definition) is 1. The minimum Gasteiger partial charge on any atom is -0.269 e. The molecule has 4 nitrogen and oxygen atoms in total. The monoisotopic (exact) mass is 357 g/mol. The van der Waals surface area contributed by atoms with Gasteiger partial charge in [-0.1, -0.05) is 36.4 Å². The van der Waals surface area contributed by atoms with Crippen LogP contribution >= 0.6 is 0 Å². The molecule has 0 saturated carbocycles. The van der Waals surface area contributed by atoms with Crippen LogP contribution in [0, 0.1) is 5.82 Å². The Hall–Kier alpha value is -2.73. The molecule has 1 amide bonds. The fourth-order valence-electron chi connectivity index (χ4n) is 2.60. The number of fused-ring (bicyclic) bond motifs is 1. The summed E-state index contributed by atoms with van der Waals surface area (Å²) in [7, 11) is -3.89. The molecule has 1 N–H and O–H groups in total. The van der Waals surface area contributed by atoms with Crippen LogP contribution in [0.4, 0.5) is 4.39 Å². The number of allylic oxidation sites excluding steroid dienone is 1. The number of benzene rings is 2. The molecular formula is C19H16FNO3S. The first-order valence-electron chi connectivity index (χ1n) is 7.73. The number of hydrogen-bond acceptors (Lipinski definition) is 3. The highest BCUT2D eigenvalue weighted by molar-refractivity contribution is 7.94. The Morgan fingerprint density at radius 2 is 1.76 bits per heavy atom. The van der Waals surface area contributed by atoms with Crippen molar-refractivity contribution >= 4 is 28.1 Å². The first kappa shape index (κ1) is 17.1. The minimum absolute atomic E-state index is 0.190. The molecule has 0 fully saturated rings. The lowest BCUT2D eigenvalue weighted by Gasteiger charge is -2.16. The summed E-state index contributed by atoms with van der Waals surface area (Å²) in [6.45, 7) is 0. The van der Waals surface area contributed by atoms with Crippen molar-refractivity contribution in [2.45, 2.75) is 12.8 Å². The van der Waals surface area contributed by atoms with E-state index in [0.29, 0.717) is 18.4 Å². The zero-order valence-electron chi connectivity index (χ0n) is 13.3. The predicted molar refractivity (Wildman–Crippen MR) is 95.2 cm³/mol. The summed E-state index contributed by atoms with van der Waals surface area (Å²) in [6, 6.07) is 13.1. The summed E-state index contributed by atoms with van der Waals surface area (Å²) in [5.74, 6) is -1.13. The van der Waals surface area contributed by atoms with Gasteiger partial charge in [0, 0.05) is 6.08 Å². The smallest absolute Gasteiger partial charge is 0.260 e. The van der Waals surface area contributed by atoms with Crippen LogP contribution < -0.4 is 4.72 Å². The molecule has 0 unspecified atom stereocenters. The summed E-state index contributed by atoms with van der Waals surface area (Å²) in [5, 5.41) is 0. The standard InChI is InChI=1S/C19H16FNO3S/c20-17-9-5-14(6-10-17)7-12-19(22)21-25(23,24)18-11-8-15-3-1-2-4-16(15)13-18/h1-7,9-10,12-13H,8,11H2,(H,21,22). The second-order valence-corrected chi connectivity index (χ2v) is 7.40. The van der Waals surface area contributed by atoms with E-state index in [1.165, 1.54) is 30.3 Å². The Bertz CT molecular complexity index is 960. The molecule has 25 heavy (non-hydrogen) atoms. The van der Waals surface area contributed by atoms with Crippen LogP contribution in [0.1, 0.15) is 23.1 Å². The van der Waals surface area contributed by atoms with E-state index in [2.05, 4.69) is 0 Å². The summed E-state index contributed by atoms with van der Waals surface area (Å²) in [6.07, 6.45) is 5.10. The van der Waals surface area contributed by atoms with E-state index in [1.807, 2.05) is 29.0 Å². The van der Waals surface area contributed by atoms with E-state index in [0.717, 1.165) is 17.2 Å². The maximum atomic E-state index is 12.8. The molecule has 2 aromatic carbocycles. The highest BCUT2D eigenvalue weighted by Crippen LogP contribution is 2.26. The Morgan fingerprint density at radius 3 is 2.52 bits per heavy atom. The molecular weight excluding hydrogens is 341 g/mol. The zero-order chi connectivity index (χ0) is 17.9. The van der Waals surface area contributed by atoms with Crippen LogP contribution in [-0.4, -0.2) is 14.3 Å². The van der Waals surface area contributed by atoms with Gasteiger partial charge in [-0.05, 0) is 53.8 Å². The summed E-state index contributed by atoms with van der Waals surface area (Å²) in [4.78, 5) is 12.1. The van der Waals surface area contributed by atoms with Crippen molar-refractivity contribution in [1.82, 2.24) is 4.72 Å². The van der Waals surface area contributed by atoms with Gasteiger partial charge in [-0.3, -0.25) is 4.79 Å². The minimum atomic E-state index is -3.89. The summed E-state index contributed by atoms with van der Waals surface area (Å²) < 4.78 is 39.6. The maximum absolute atomic E-state index is 12.8. The third-order valence-electron chi connectivity index (χ3n) is 3.89. The highest BCUT2D eigenvalue weighted by Gasteiger charge is 2.22. The number of carbonyl (C=O) groups is 1. The van der Waals surface area contributed by atoms with E-state index in [4.69, 9.17) is 0 Å². The lowest BCUT2D eigenvalue weighted by Crippen LogP contribution is -2.30. The van der Waals surface area contributed by atoms with Crippen molar-refractivity contribution in [3.05, 3.63) is 82.0 Å². The normalized spacial score (nSPS) is 14.0. The van der Waals surface area contributed by atoms with Gasteiger partial charge in [-0.2, -0.15) is 0 Å². The SMILES string of the molecule is O=C(C=Cc1ccc(F)cc1)NS(=O)(=O)C1=Cc2ccccc2CC1. The first-order valence-corrected chi connectivity index (χ1v) is 9.21. The summed E-state index contributed by atoms with van der Waals surface area (Å²) in [5.41, 5.74) is 2.53. The van der Waals surface area contributed by atoms with Crippen LogP contribution in [-0.2, 0) is 21.2 Å². The van der Waals surface area contributed by atoms with E-state index >= 15 is 0 Å². The van der Waals surface area contributed by atoms with Gasteiger partial charge in [0.05, 0.1) is 4.91 Å². The Labute approximate surface area is 145 Å². The molecule has 128 valence electrons. The maximum Gasteiger partial charge on any atom is 0.260 e. The van der Waals surface area contributed by atoms with Gasteiger partial charge in [0.25, 0.3) is 15.9 Å². The lowest BCUT2D eigenvalue weighted by atomic mass is 9.98. The molecule has 1 aliphatic carbocycles. The Kier molecular flexibility index (Phi) is 4.81. The Morgan fingerprint density at radius 1 is 1.04 bits per heavy atom. The number of halogens is 1. The van der Waals surface area contributed by atoms with Gasteiger partial charge in [0.15, 0.2) is 0 Å². The molecule has 0 aliphatic heterocycles. The molecule has 0 bridgehead atoms. The summed E-state index contributed by atoms with van der Waals surface area (Å²) >= 11 is 0. The average Bonchev–Trinajstić information content (AvgIpc) is 2.60. The zero-order valence-corrected chi connectivity index (χ0v) is 14.1. The number of sulfonamides is 1. The van der Waals surface area contributed by atoms with E-state index in [-0.39, 0.29) is 10.7 Å². The van der Waals surface area contributed by atoms with Crippen LogP contribution in [0.5, 0.6) is 0 Å². The number of rotatable bonds is 4. The van der Waals surface area contributed by atoms with Crippen LogP contribution in [0.3, 0.4) is 0 Å². The van der Waals surface area contributed by atoms with Crippen LogP contribution in [0.15, 0.2) is 59.5 Å². The topological polar surface area (TPSA) is 63.2 Å². The number of nitrogens with one attached hydrogen (secondary N) is 1. The molecule has 0 spiro atoms. The molecule has 2 aromatic rings. The van der Waals surface area contributed by atoms with Crippen molar-refractivity contribution in [2.24, 2.45) is 0 Å². The predicted octanol–water partition coefficient (Wildman–Crippen LogP) is 3.27. The quantitative estimate of drug-likeness (QED) is 0.854.